The number of carbonyl (C=O) groups excluding carboxylic acids is 1. The van der Waals surface area contributed by atoms with Crippen LogP contribution in [0.25, 0.3) is 0 Å². The molecule has 2 fully saturated rings. The highest BCUT2D eigenvalue weighted by atomic mass is 16.1. The molecular formula is C11H19NO. The van der Waals surface area contributed by atoms with Crippen molar-refractivity contribution in [3.05, 3.63) is 0 Å². The highest BCUT2D eigenvalue weighted by Crippen LogP contribution is 2.43. The first-order valence-corrected chi connectivity index (χ1v) is 5.53. The van der Waals surface area contributed by atoms with E-state index in [0.29, 0.717) is 11.7 Å². The maximum Gasteiger partial charge on any atom is 0.142 e. The van der Waals surface area contributed by atoms with Crippen LogP contribution in [0.5, 0.6) is 0 Å². The second kappa shape index (κ2) is 3.41. The lowest BCUT2D eigenvalue weighted by Crippen LogP contribution is -2.42. The lowest BCUT2D eigenvalue weighted by Gasteiger charge is -2.35. The van der Waals surface area contributed by atoms with Gasteiger partial charge in [-0.05, 0) is 45.2 Å². The molecule has 0 aromatic carbocycles. The highest BCUT2D eigenvalue weighted by molar-refractivity contribution is 5.89. The molecule has 74 valence electrons. The summed E-state index contributed by atoms with van der Waals surface area (Å²) in [6, 6.07) is 0. The van der Waals surface area contributed by atoms with Crippen LogP contribution in [-0.4, -0.2) is 18.9 Å². The Morgan fingerprint density at radius 1 is 1.38 bits per heavy atom. The molecule has 2 heteroatoms. The topological polar surface area (TPSA) is 29.1 Å². The van der Waals surface area contributed by atoms with Crippen molar-refractivity contribution < 1.29 is 4.79 Å². The number of ketones is 1. The van der Waals surface area contributed by atoms with Crippen LogP contribution in [0.3, 0.4) is 0 Å². The first-order valence-electron chi connectivity index (χ1n) is 5.53. The molecule has 0 aromatic rings. The van der Waals surface area contributed by atoms with Gasteiger partial charge in [-0.1, -0.05) is 6.92 Å². The molecule has 1 aliphatic carbocycles. The molecule has 0 atom stereocenters. The molecule has 0 amide bonds. The summed E-state index contributed by atoms with van der Waals surface area (Å²) < 4.78 is 0. The van der Waals surface area contributed by atoms with E-state index in [1.165, 1.54) is 0 Å². The normalized spacial score (nSPS) is 27.2. The third-order valence-electron chi connectivity index (χ3n) is 3.71. The molecule has 13 heavy (non-hydrogen) atoms. The third kappa shape index (κ3) is 1.64. The lowest BCUT2D eigenvalue weighted by atomic mass is 9.72. The van der Waals surface area contributed by atoms with E-state index in [1.807, 2.05) is 0 Å². The summed E-state index contributed by atoms with van der Waals surface area (Å²) >= 11 is 0. The first kappa shape index (κ1) is 9.20. The zero-order chi connectivity index (χ0) is 9.31. The van der Waals surface area contributed by atoms with E-state index in [-0.39, 0.29) is 5.41 Å². The van der Waals surface area contributed by atoms with Gasteiger partial charge in [-0.15, -0.1) is 0 Å². The third-order valence-corrected chi connectivity index (χ3v) is 3.71. The molecule has 1 aliphatic heterocycles. The fourth-order valence-corrected chi connectivity index (χ4v) is 2.46. The van der Waals surface area contributed by atoms with Crippen LogP contribution in [0.15, 0.2) is 0 Å². The van der Waals surface area contributed by atoms with Gasteiger partial charge in [0.25, 0.3) is 0 Å². The molecule has 0 unspecified atom stereocenters. The zero-order valence-electron chi connectivity index (χ0n) is 8.44. The Bertz CT molecular complexity index is 202. The summed E-state index contributed by atoms with van der Waals surface area (Å²) in [7, 11) is 0. The van der Waals surface area contributed by atoms with Crippen molar-refractivity contribution in [3.8, 4) is 0 Å². The van der Waals surface area contributed by atoms with Gasteiger partial charge in [0.05, 0.1) is 0 Å². The maximum absolute atomic E-state index is 12.1. The first-order chi connectivity index (χ1) is 6.28. The molecule has 1 saturated heterocycles. The Morgan fingerprint density at radius 2 is 2.00 bits per heavy atom. The van der Waals surface area contributed by atoms with Crippen molar-refractivity contribution in [2.45, 2.75) is 39.0 Å². The number of nitrogens with one attached hydrogen (secondary N) is 1. The number of Topliss-reactive ketones (excluding diaryl/α,β-unsaturated/α-hetero) is 1. The van der Waals surface area contributed by atoms with Crippen molar-refractivity contribution >= 4 is 5.78 Å². The minimum Gasteiger partial charge on any atom is -0.317 e. The monoisotopic (exact) mass is 181 g/mol. The van der Waals surface area contributed by atoms with Crippen molar-refractivity contribution in [1.82, 2.24) is 5.32 Å². The van der Waals surface area contributed by atoms with Crippen molar-refractivity contribution in [3.63, 3.8) is 0 Å². The van der Waals surface area contributed by atoms with Crippen LogP contribution in [0.1, 0.15) is 39.0 Å². The molecule has 1 heterocycles. The van der Waals surface area contributed by atoms with Crippen LogP contribution in [-0.2, 0) is 4.79 Å². The van der Waals surface area contributed by atoms with Gasteiger partial charge in [0.2, 0.25) is 0 Å². The summed E-state index contributed by atoms with van der Waals surface area (Å²) in [5, 5.41) is 3.34. The van der Waals surface area contributed by atoms with Gasteiger partial charge < -0.3 is 5.32 Å². The average molecular weight is 181 g/mol. The molecule has 2 nitrogen and oxygen atoms in total. The van der Waals surface area contributed by atoms with E-state index in [2.05, 4.69) is 12.2 Å². The van der Waals surface area contributed by atoms with E-state index in [0.717, 1.165) is 45.2 Å². The molecule has 0 bridgehead atoms. The van der Waals surface area contributed by atoms with Crippen molar-refractivity contribution in [2.75, 3.05) is 13.1 Å². The van der Waals surface area contributed by atoms with Gasteiger partial charge in [-0.2, -0.15) is 0 Å². The van der Waals surface area contributed by atoms with E-state index >= 15 is 0 Å². The van der Waals surface area contributed by atoms with Crippen LogP contribution in [0.4, 0.5) is 0 Å². The van der Waals surface area contributed by atoms with Crippen LogP contribution < -0.4 is 5.32 Å². The van der Waals surface area contributed by atoms with Gasteiger partial charge in [0.15, 0.2) is 0 Å². The molecule has 0 radical (unpaired) electrons. The Labute approximate surface area is 80.1 Å². The molecule has 2 aliphatic rings. The summed E-state index contributed by atoms with van der Waals surface area (Å²) in [6.45, 7) is 4.24. The quantitative estimate of drug-likeness (QED) is 0.718. The lowest BCUT2D eigenvalue weighted by molar-refractivity contribution is -0.131. The van der Waals surface area contributed by atoms with Gasteiger partial charge >= 0.3 is 0 Å². The van der Waals surface area contributed by atoms with Gasteiger partial charge in [0, 0.05) is 11.3 Å². The average Bonchev–Trinajstić information content (AvgIpc) is 3.01. The minimum absolute atomic E-state index is 0.0619. The van der Waals surface area contributed by atoms with Gasteiger partial charge in [-0.25, -0.2) is 0 Å². The zero-order valence-corrected chi connectivity index (χ0v) is 8.44. The van der Waals surface area contributed by atoms with E-state index in [4.69, 9.17) is 0 Å². The molecule has 2 rings (SSSR count). The summed E-state index contributed by atoms with van der Waals surface area (Å²) in [4.78, 5) is 12.1. The summed E-state index contributed by atoms with van der Waals surface area (Å²) in [6.07, 6.45) is 5.50. The summed E-state index contributed by atoms with van der Waals surface area (Å²) in [5.74, 6) is 1.02. The molecule has 0 spiro atoms. The number of piperidine rings is 1. The number of hydrogen-bond acceptors (Lipinski definition) is 2. The largest absolute Gasteiger partial charge is 0.317 e. The van der Waals surface area contributed by atoms with E-state index < -0.39 is 0 Å². The van der Waals surface area contributed by atoms with Crippen molar-refractivity contribution in [2.24, 2.45) is 11.3 Å². The number of rotatable bonds is 3. The highest BCUT2D eigenvalue weighted by Gasteiger charge is 2.44. The molecule has 1 saturated carbocycles. The Hall–Kier alpha value is -0.370. The second-order valence-corrected chi connectivity index (χ2v) is 4.52. The molecule has 0 aromatic heterocycles. The van der Waals surface area contributed by atoms with Crippen LogP contribution in [0, 0.1) is 11.3 Å². The fraction of sp³-hybridized carbons (Fsp3) is 0.909. The smallest absolute Gasteiger partial charge is 0.142 e. The second-order valence-electron chi connectivity index (χ2n) is 4.52. The standard InChI is InChI=1S/C11H19NO/c1-2-11(5-7-12-8-6-11)10(13)9-3-4-9/h9,12H,2-8H2,1H3. The number of hydrogen-bond donors (Lipinski definition) is 1. The SMILES string of the molecule is CCC1(C(=O)C2CC2)CCNCC1. The van der Waals surface area contributed by atoms with Crippen LogP contribution >= 0.6 is 0 Å². The van der Waals surface area contributed by atoms with Gasteiger partial charge in [0.1, 0.15) is 5.78 Å². The number of carbonyl (C=O) groups is 1. The Morgan fingerprint density at radius 3 is 2.46 bits per heavy atom. The molecule has 1 N–H and O–H groups in total. The van der Waals surface area contributed by atoms with E-state index in [9.17, 15) is 4.79 Å². The Balaban J connectivity index is 2.07. The van der Waals surface area contributed by atoms with Crippen molar-refractivity contribution in [1.29, 1.82) is 0 Å². The fourth-order valence-electron chi connectivity index (χ4n) is 2.46. The maximum atomic E-state index is 12.1. The predicted octanol–water partition coefficient (Wildman–Crippen LogP) is 1.75. The van der Waals surface area contributed by atoms with E-state index in [1.54, 1.807) is 0 Å². The minimum atomic E-state index is 0.0619. The predicted molar refractivity (Wildman–Crippen MR) is 52.6 cm³/mol. The van der Waals surface area contributed by atoms with Crippen LogP contribution in [0.2, 0.25) is 0 Å². The van der Waals surface area contributed by atoms with Gasteiger partial charge in [-0.3, -0.25) is 4.79 Å². The Kier molecular flexibility index (Phi) is 2.41. The summed E-state index contributed by atoms with van der Waals surface area (Å²) in [5.41, 5.74) is 0.0619. The molecular weight excluding hydrogens is 162 g/mol.